The van der Waals surface area contributed by atoms with Gasteiger partial charge >= 0.3 is 18.0 Å². The lowest BCUT2D eigenvalue weighted by Gasteiger charge is -2.45. The topological polar surface area (TPSA) is 86.1 Å². The van der Waals surface area contributed by atoms with Crippen LogP contribution < -0.4 is 10.6 Å². The third kappa shape index (κ3) is 7.24. The summed E-state index contributed by atoms with van der Waals surface area (Å²) < 4.78 is 92.4. The second-order valence-electron chi connectivity index (χ2n) is 12.9. The number of piperazine rings is 1. The Bertz CT molecular complexity index is 1770. The van der Waals surface area contributed by atoms with Crippen LogP contribution in [-0.4, -0.2) is 83.5 Å². The first-order valence-electron chi connectivity index (χ1n) is 15.2. The smallest absolute Gasteiger partial charge is 0.417 e. The van der Waals surface area contributed by atoms with Gasteiger partial charge in [-0.3, -0.25) is 9.47 Å². The van der Waals surface area contributed by atoms with E-state index in [1.54, 1.807) is 44.4 Å². The van der Waals surface area contributed by atoms with E-state index in [9.17, 15) is 14.0 Å². The van der Waals surface area contributed by atoms with Crippen LogP contribution in [0.5, 0.6) is 0 Å². The molecule has 1 amide bonds. The van der Waals surface area contributed by atoms with E-state index in [0.717, 1.165) is 23.9 Å². The minimum Gasteiger partial charge on any atom is -0.444 e. The molecule has 2 aliphatic rings. The number of halogens is 6. The number of amides is 1. The zero-order valence-corrected chi connectivity index (χ0v) is 28.8. The molecule has 2 aliphatic heterocycles. The van der Waals surface area contributed by atoms with Crippen molar-refractivity contribution in [1.82, 2.24) is 14.5 Å². The number of ether oxygens (including phenoxy) is 3. The zero-order valence-electron chi connectivity index (χ0n) is 27.2. The fourth-order valence-electron chi connectivity index (χ4n) is 6.15. The van der Waals surface area contributed by atoms with Crippen molar-refractivity contribution in [3.8, 4) is 11.1 Å². The fourth-order valence-corrected chi connectivity index (χ4v) is 7.59. The quantitative estimate of drug-likeness (QED) is 0.153. The molecule has 3 heterocycles. The third-order valence-electron chi connectivity index (χ3n) is 8.05. The van der Waals surface area contributed by atoms with Crippen LogP contribution >= 0.6 is 23.4 Å². The summed E-state index contributed by atoms with van der Waals surface area (Å²) in [6.45, 7) is 9.38. The highest BCUT2D eigenvalue weighted by atomic mass is 35.5. The maximum absolute atomic E-state index is 15.4. The van der Waals surface area contributed by atoms with Gasteiger partial charge in [-0.25, -0.2) is 18.4 Å². The molecule has 262 valence electrons. The average molecular weight is 719 g/mol. The highest BCUT2D eigenvalue weighted by Crippen LogP contribution is 2.49. The van der Waals surface area contributed by atoms with Crippen LogP contribution in [0.25, 0.3) is 22.0 Å². The molecule has 0 N–H and O–H groups in total. The second kappa shape index (κ2) is 13.6. The van der Waals surface area contributed by atoms with E-state index in [2.05, 4.69) is 4.98 Å². The SMILES string of the molecule is COCCO[C@@H]1CSc2c(-c3cc(Cl)c(F)cc3F)c(C(F)(F)F)cc3c(N4C[C@@H](C)N(C(=O)OC(C)(C)C)[C@@H](C)C4)nc(=O)n(c23)C1. The Morgan fingerprint density at radius 2 is 1.71 bits per heavy atom. The number of anilines is 1. The number of aromatic nitrogens is 2. The van der Waals surface area contributed by atoms with Crippen LogP contribution in [0, 0.1) is 11.6 Å². The number of carbonyl (C=O) groups excluding carboxylic acids is 1. The highest BCUT2D eigenvalue weighted by molar-refractivity contribution is 7.99. The summed E-state index contributed by atoms with van der Waals surface area (Å²) in [7, 11) is 1.49. The molecule has 2 aromatic carbocycles. The zero-order chi connectivity index (χ0) is 35.3. The molecule has 1 saturated heterocycles. The largest absolute Gasteiger partial charge is 0.444 e. The molecule has 0 radical (unpaired) electrons. The Morgan fingerprint density at radius 1 is 1.04 bits per heavy atom. The number of alkyl halides is 3. The van der Waals surface area contributed by atoms with Gasteiger partial charge in [0.05, 0.1) is 54.0 Å². The van der Waals surface area contributed by atoms with E-state index in [-0.39, 0.29) is 60.2 Å². The number of nitrogens with zero attached hydrogens (tertiary/aromatic N) is 4. The van der Waals surface area contributed by atoms with E-state index >= 15 is 17.6 Å². The maximum Gasteiger partial charge on any atom is 0.417 e. The van der Waals surface area contributed by atoms with Gasteiger partial charge in [-0.2, -0.15) is 18.2 Å². The molecule has 16 heteroatoms. The molecule has 0 aliphatic carbocycles. The Balaban J connectivity index is 1.74. The predicted octanol–water partition coefficient (Wildman–Crippen LogP) is 6.99. The number of hydrogen-bond donors (Lipinski definition) is 0. The summed E-state index contributed by atoms with van der Waals surface area (Å²) in [5.74, 6) is -2.29. The van der Waals surface area contributed by atoms with Crippen LogP contribution in [0.4, 0.5) is 32.6 Å². The Kier molecular flexibility index (Phi) is 10.3. The van der Waals surface area contributed by atoms with E-state index in [1.165, 1.54) is 11.7 Å². The van der Waals surface area contributed by atoms with Crippen molar-refractivity contribution < 1.29 is 41.0 Å². The molecule has 3 atom stereocenters. The highest BCUT2D eigenvalue weighted by Gasteiger charge is 2.41. The summed E-state index contributed by atoms with van der Waals surface area (Å²) in [4.78, 5) is 34.4. The lowest BCUT2D eigenvalue weighted by Crippen LogP contribution is -2.59. The van der Waals surface area contributed by atoms with Gasteiger partial charge in [0.1, 0.15) is 23.1 Å². The van der Waals surface area contributed by atoms with Gasteiger partial charge in [0, 0.05) is 53.4 Å². The van der Waals surface area contributed by atoms with Crippen molar-refractivity contribution >= 4 is 46.2 Å². The molecule has 0 spiro atoms. The molecule has 48 heavy (non-hydrogen) atoms. The van der Waals surface area contributed by atoms with E-state index in [4.69, 9.17) is 25.8 Å². The number of thioether (sulfide) groups is 1. The average Bonchev–Trinajstić information content (AvgIpc) is 3.16. The lowest BCUT2D eigenvalue weighted by atomic mass is 9.95. The number of carbonyl (C=O) groups is 1. The van der Waals surface area contributed by atoms with E-state index in [0.29, 0.717) is 6.07 Å². The lowest BCUT2D eigenvalue weighted by molar-refractivity contribution is -0.137. The van der Waals surface area contributed by atoms with Gasteiger partial charge in [-0.1, -0.05) is 11.6 Å². The number of methoxy groups -OCH3 is 1. The summed E-state index contributed by atoms with van der Waals surface area (Å²) in [6, 6.07) is 1.17. The first kappa shape index (κ1) is 36.1. The van der Waals surface area contributed by atoms with Crippen molar-refractivity contribution in [2.45, 2.75) is 76.0 Å². The van der Waals surface area contributed by atoms with Gasteiger partial charge in [0.15, 0.2) is 0 Å². The van der Waals surface area contributed by atoms with E-state index < -0.39 is 75.1 Å². The monoisotopic (exact) mass is 718 g/mol. The normalized spacial score (nSPS) is 20.3. The molecule has 0 bridgehead atoms. The maximum atomic E-state index is 15.4. The van der Waals surface area contributed by atoms with Crippen molar-refractivity contribution in [2.75, 3.05) is 44.1 Å². The van der Waals surface area contributed by atoms with E-state index in [1.807, 2.05) is 0 Å². The molecule has 0 saturated carbocycles. The van der Waals surface area contributed by atoms with Crippen LogP contribution in [-0.2, 0) is 26.9 Å². The van der Waals surface area contributed by atoms with Crippen LogP contribution in [0.3, 0.4) is 0 Å². The second-order valence-corrected chi connectivity index (χ2v) is 14.3. The number of hydrogen-bond acceptors (Lipinski definition) is 8. The molecule has 1 aromatic heterocycles. The molecule has 1 fully saturated rings. The van der Waals surface area contributed by atoms with Crippen LogP contribution in [0.15, 0.2) is 27.9 Å². The summed E-state index contributed by atoms with van der Waals surface area (Å²) in [5, 5.41) is -0.561. The van der Waals surface area contributed by atoms with Crippen LogP contribution in [0.2, 0.25) is 5.02 Å². The van der Waals surface area contributed by atoms with Crippen LogP contribution in [0.1, 0.15) is 40.2 Å². The van der Waals surface area contributed by atoms with Crippen molar-refractivity contribution in [3.63, 3.8) is 0 Å². The van der Waals surface area contributed by atoms with Gasteiger partial charge in [-0.05, 0) is 46.8 Å². The minimum atomic E-state index is -5.01. The molecule has 9 nitrogen and oxygen atoms in total. The molecule has 3 aromatic rings. The first-order chi connectivity index (χ1) is 22.4. The summed E-state index contributed by atoms with van der Waals surface area (Å²) in [5.41, 5.74) is -3.74. The van der Waals surface area contributed by atoms with Gasteiger partial charge in [0.25, 0.3) is 0 Å². The van der Waals surface area contributed by atoms with Gasteiger partial charge < -0.3 is 19.1 Å². The van der Waals surface area contributed by atoms with Gasteiger partial charge in [0.2, 0.25) is 0 Å². The first-order valence-corrected chi connectivity index (χ1v) is 16.6. The standard InChI is InChI=1S/C32H36ClF5N4O5S/c1-16-12-40(13-17(2)42(16)30(44)47-31(3,4)5)28-20-9-21(32(36,37)38)25(19-10-22(33)24(35)11-23(19)34)27-26(20)41(29(43)39-28)14-18(15-48-27)46-8-7-45-6/h9-11,16-18H,7-8,12-15H2,1-6H3/t16-,17+,18-/m0/s1. The fraction of sp³-hybridized carbons (Fsp3) is 0.531. The summed E-state index contributed by atoms with van der Waals surface area (Å²) in [6.07, 6.45) is -6.20. The molecule has 5 rings (SSSR count). The third-order valence-corrected chi connectivity index (χ3v) is 9.56. The van der Waals surface area contributed by atoms with Crippen molar-refractivity contribution in [2.24, 2.45) is 0 Å². The molecule has 0 unspecified atom stereocenters. The Morgan fingerprint density at radius 3 is 2.31 bits per heavy atom. The number of benzene rings is 2. The predicted molar refractivity (Wildman–Crippen MR) is 173 cm³/mol. The molecular weight excluding hydrogens is 683 g/mol. The summed E-state index contributed by atoms with van der Waals surface area (Å²) >= 11 is 6.93. The van der Waals surface area contributed by atoms with Crippen molar-refractivity contribution in [1.29, 1.82) is 0 Å². The van der Waals surface area contributed by atoms with Gasteiger partial charge in [-0.15, -0.1) is 11.8 Å². The van der Waals surface area contributed by atoms with Crippen molar-refractivity contribution in [3.05, 3.63) is 50.9 Å². The molecular formula is C32H36ClF5N4O5S. The Labute approximate surface area is 283 Å². The minimum absolute atomic E-state index is 0.00412. The Hall–Kier alpha value is -3.14. The number of rotatable bonds is 6.